The molecule has 0 saturated heterocycles. The topological polar surface area (TPSA) is 158 Å². The number of amides is 1. The molecule has 0 saturated carbocycles. The van der Waals surface area contributed by atoms with E-state index in [1.807, 2.05) is 0 Å². The van der Waals surface area contributed by atoms with Crippen molar-refractivity contribution < 1.29 is 32.0 Å². The van der Waals surface area contributed by atoms with Gasteiger partial charge in [-0.15, -0.1) is 21.5 Å². The van der Waals surface area contributed by atoms with Crippen molar-refractivity contribution in [2.75, 3.05) is 28.7 Å². The Hall–Kier alpha value is -3.23. The van der Waals surface area contributed by atoms with Gasteiger partial charge in [0, 0.05) is 11.3 Å². The zero-order valence-electron chi connectivity index (χ0n) is 19.2. The van der Waals surface area contributed by atoms with E-state index in [1.165, 1.54) is 6.92 Å². The summed E-state index contributed by atoms with van der Waals surface area (Å²) in [5.41, 5.74) is 1.58. The van der Waals surface area contributed by atoms with Gasteiger partial charge < -0.3 is 14.5 Å². The number of sulfonamides is 1. The highest BCUT2D eigenvalue weighted by Crippen LogP contribution is 2.34. The van der Waals surface area contributed by atoms with Crippen LogP contribution in [0.15, 0.2) is 33.9 Å². The molecule has 0 spiro atoms. The maximum absolute atomic E-state index is 12.5. The van der Waals surface area contributed by atoms with Crippen LogP contribution in [0.3, 0.4) is 0 Å². The van der Waals surface area contributed by atoms with Gasteiger partial charge in [0.15, 0.2) is 5.78 Å². The van der Waals surface area contributed by atoms with Crippen LogP contribution in [0, 0.1) is 6.92 Å². The number of esters is 1. The molecule has 186 valence electrons. The second-order valence-corrected chi connectivity index (χ2v) is 10.9. The normalized spacial score (nSPS) is 11.2. The SMILES string of the molecule is CCOC(=O)c1c(NC(=O)CSc2nnc(-c3ccc(NS(C)(=O)=O)cc3)o2)sc(C(C)=O)c1C. The summed E-state index contributed by atoms with van der Waals surface area (Å²) in [6.07, 6.45) is 1.05. The second-order valence-electron chi connectivity index (χ2n) is 7.20. The first kappa shape index (κ1) is 26.4. The number of ketones is 1. The molecule has 2 aromatic heterocycles. The Kier molecular flexibility index (Phi) is 8.30. The van der Waals surface area contributed by atoms with Crippen LogP contribution in [0.5, 0.6) is 0 Å². The van der Waals surface area contributed by atoms with Gasteiger partial charge in [0.25, 0.3) is 5.22 Å². The lowest BCUT2D eigenvalue weighted by molar-refractivity contribution is -0.113. The fourth-order valence-electron chi connectivity index (χ4n) is 2.96. The number of Topliss-reactive ketones (excluding diaryl/α,β-unsaturated/α-hetero) is 1. The second kappa shape index (κ2) is 11.0. The summed E-state index contributed by atoms with van der Waals surface area (Å²) in [6.45, 7) is 4.84. The molecule has 2 heterocycles. The molecule has 3 aromatic rings. The summed E-state index contributed by atoms with van der Waals surface area (Å²) in [5.74, 6) is -1.16. The number of carbonyl (C=O) groups is 3. The monoisotopic (exact) mass is 538 g/mol. The molecule has 2 N–H and O–H groups in total. The first-order valence-corrected chi connectivity index (χ1v) is 13.8. The Labute approximate surface area is 209 Å². The summed E-state index contributed by atoms with van der Waals surface area (Å²) < 4.78 is 35.6. The van der Waals surface area contributed by atoms with Crippen LogP contribution in [-0.4, -0.2) is 54.9 Å². The van der Waals surface area contributed by atoms with E-state index in [0.29, 0.717) is 21.7 Å². The fourth-order valence-corrected chi connectivity index (χ4v) is 5.19. The van der Waals surface area contributed by atoms with Crippen molar-refractivity contribution in [1.82, 2.24) is 10.2 Å². The van der Waals surface area contributed by atoms with Crippen LogP contribution < -0.4 is 10.0 Å². The third kappa shape index (κ3) is 6.90. The van der Waals surface area contributed by atoms with E-state index in [9.17, 15) is 22.8 Å². The van der Waals surface area contributed by atoms with Gasteiger partial charge in [-0.3, -0.25) is 14.3 Å². The first-order valence-electron chi connectivity index (χ1n) is 10.1. The number of hydrogen-bond donors (Lipinski definition) is 2. The minimum atomic E-state index is -3.39. The van der Waals surface area contributed by atoms with E-state index in [2.05, 4.69) is 20.2 Å². The van der Waals surface area contributed by atoms with Gasteiger partial charge in [0.2, 0.25) is 21.8 Å². The number of benzene rings is 1. The average Bonchev–Trinajstić information content (AvgIpc) is 3.36. The number of nitrogens with zero attached hydrogens (tertiary/aromatic N) is 2. The molecule has 0 aliphatic heterocycles. The molecule has 11 nitrogen and oxygen atoms in total. The van der Waals surface area contributed by atoms with Crippen molar-refractivity contribution >= 4 is 61.5 Å². The third-order valence-corrected chi connectivity index (χ3v) is 7.10. The number of ether oxygens (including phenoxy) is 1. The number of aromatic nitrogens is 2. The molecule has 35 heavy (non-hydrogen) atoms. The van der Waals surface area contributed by atoms with Crippen LogP contribution in [0.4, 0.5) is 10.7 Å². The number of thiophene rings is 1. The molecule has 0 aliphatic rings. The number of nitrogens with one attached hydrogen (secondary N) is 2. The molecule has 1 amide bonds. The number of anilines is 2. The Balaban J connectivity index is 1.66. The maximum Gasteiger partial charge on any atom is 0.341 e. The van der Waals surface area contributed by atoms with Gasteiger partial charge in [-0.05, 0) is 50.6 Å². The number of rotatable bonds is 10. The van der Waals surface area contributed by atoms with Crippen LogP contribution in [-0.2, 0) is 19.6 Å². The highest BCUT2D eigenvalue weighted by molar-refractivity contribution is 7.99. The van der Waals surface area contributed by atoms with Gasteiger partial charge in [-0.1, -0.05) is 11.8 Å². The van der Waals surface area contributed by atoms with Crippen molar-refractivity contribution in [3.63, 3.8) is 0 Å². The van der Waals surface area contributed by atoms with Gasteiger partial charge in [0.1, 0.15) is 5.00 Å². The molecule has 1 aromatic carbocycles. The zero-order valence-corrected chi connectivity index (χ0v) is 21.7. The van der Waals surface area contributed by atoms with Gasteiger partial charge in [0.05, 0.1) is 29.1 Å². The molecule has 0 unspecified atom stereocenters. The lowest BCUT2D eigenvalue weighted by Crippen LogP contribution is -2.16. The summed E-state index contributed by atoms with van der Waals surface area (Å²) in [5, 5.41) is 10.9. The standard InChI is InChI=1S/C21H22N4O7S3/c1-5-31-20(28)16-11(2)17(12(3)26)34-19(16)22-15(27)10-33-21-24-23-18(32-21)13-6-8-14(9-7-13)25-35(4,29)30/h6-9,25H,5,10H2,1-4H3,(H,22,27). The van der Waals surface area contributed by atoms with E-state index >= 15 is 0 Å². The van der Waals surface area contributed by atoms with E-state index < -0.39 is 21.9 Å². The van der Waals surface area contributed by atoms with E-state index in [0.717, 1.165) is 29.4 Å². The van der Waals surface area contributed by atoms with Crippen molar-refractivity contribution in [2.45, 2.75) is 26.0 Å². The Morgan fingerprint density at radius 1 is 1.17 bits per heavy atom. The van der Waals surface area contributed by atoms with Gasteiger partial charge >= 0.3 is 5.97 Å². The Morgan fingerprint density at radius 2 is 1.86 bits per heavy atom. The minimum Gasteiger partial charge on any atom is -0.462 e. The molecule has 14 heteroatoms. The highest BCUT2D eigenvalue weighted by atomic mass is 32.2. The average molecular weight is 539 g/mol. The van der Waals surface area contributed by atoms with E-state index in [4.69, 9.17) is 9.15 Å². The predicted molar refractivity (Wildman–Crippen MR) is 133 cm³/mol. The Morgan fingerprint density at radius 3 is 2.46 bits per heavy atom. The fraction of sp³-hybridized carbons (Fsp3) is 0.286. The molecule has 3 rings (SSSR count). The third-order valence-electron chi connectivity index (χ3n) is 4.37. The van der Waals surface area contributed by atoms with Crippen LogP contribution >= 0.6 is 23.1 Å². The molecule has 0 radical (unpaired) electrons. The quantitative estimate of drug-likeness (QED) is 0.222. The lowest BCUT2D eigenvalue weighted by atomic mass is 10.1. The molecular formula is C21H22N4O7S3. The zero-order chi connectivity index (χ0) is 25.8. The van der Waals surface area contributed by atoms with E-state index in [-0.39, 0.29) is 39.8 Å². The largest absolute Gasteiger partial charge is 0.462 e. The number of carbonyl (C=O) groups excluding carboxylic acids is 3. The van der Waals surface area contributed by atoms with Crippen molar-refractivity contribution in [1.29, 1.82) is 0 Å². The smallest absolute Gasteiger partial charge is 0.341 e. The highest BCUT2D eigenvalue weighted by Gasteiger charge is 2.25. The van der Waals surface area contributed by atoms with Crippen LogP contribution in [0.25, 0.3) is 11.5 Å². The van der Waals surface area contributed by atoms with E-state index in [1.54, 1.807) is 38.1 Å². The maximum atomic E-state index is 12.5. The van der Waals surface area contributed by atoms with Crippen molar-refractivity contribution in [3.8, 4) is 11.5 Å². The molecule has 0 aliphatic carbocycles. The molecule has 0 fully saturated rings. The summed E-state index contributed by atoms with van der Waals surface area (Å²) in [6, 6.07) is 6.34. The van der Waals surface area contributed by atoms with Crippen molar-refractivity contribution in [2.24, 2.45) is 0 Å². The minimum absolute atomic E-state index is 0.0898. The van der Waals surface area contributed by atoms with Crippen LogP contribution in [0.1, 0.15) is 39.4 Å². The lowest BCUT2D eigenvalue weighted by Gasteiger charge is -2.06. The Bertz CT molecular complexity index is 1360. The summed E-state index contributed by atoms with van der Waals surface area (Å²) in [7, 11) is -3.39. The summed E-state index contributed by atoms with van der Waals surface area (Å²) in [4.78, 5) is 37.2. The molecule has 0 bridgehead atoms. The van der Waals surface area contributed by atoms with Crippen LogP contribution in [0.2, 0.25) is 0 Å². The van der Waals surface area contributed by atoms with Gasteiger partial charge in [-0.25, -0.2) is 13.2 Å². The molecule has 0 atom stereocenters. The van der Waals surface area contributed by atoms with Gasteiger partial charge in [-0.2, -0.15) is 0 Å². The molecular weight excluding hydrogens is 516 g/mol. The first-order chi connectivity index (χ1) is 16.5. The van der Waals surface area contributed by atoms with Crippen molar-refractivity contribution in [3.05, 3.63) is 40.3 Å². The summed E-state index contributed by atoms with van der Waals surface area (Å²) >= 11 is 2.01. The predicted octanol–water partition coefficient (Wildman–Crippen LogP) is 3.59. The number of hydrogen-bond acceptors (Lipinski definition) is 11. The number of thioether (sulfide) groups is 1.